The lowest BCUT2D eigenvalue weighted by atomic mass is 10.1. The number of carboxylic acids is 1. The van der Waals surface area contributed by atoms with Crippen molar-refractivity contribution in [3.8, 4) is 0 Å². The fourth-order valence-corrected chi connectivity index (χ4v) is 2.83. The number of carboxylic acid groups (broad SMARTS) is 1. The first-order valence-corrected chi connectivity index (χ1v) is 8.69. The number of primary amides is 1. The highest BCUT2D eigenvalue weighted by atomic mass is 16.4. The molecule has 0 bridgehead atoms. The van der Waals surface area contributed by atoms with Crippen LogP contribution in [0.2, 0.25) is 0 Å². The van der Waals surface area contributed by atoms with Crippen molar-refractivity contribution in [1.29, 1.82) is 0 Å². The number of H-pyrrole nitrogens is 1. The number of amides is 3. The molecule has 1 aliphatic heterocycles. The molecule has 2 rings (SSSR count). The molecule has 148 valence electrons. The van der Waals surface area contributed by atoms with Crippen LogP contribution in [0, 0.1) is 0 Å². The van der Waals surface area contributed by atoms with Gasteiger partial charge in [-0.05, 0) is 25.8 Å². The van der Waals surface area contributed by atoms with Crippen LogP contribution in [-0.2, 0) is 25.6 Å². The number of rotatable bonds is 10. The van der Waals surface area contributed by atoms with Gasteiger partial charge in [-0.2, -0.15) is 0 Å². The fraction of sp³-hybridized carbons (Fsp3) is 0.562. The number of nitrogens with zero attached hydrogens (tertiary/aromatic N) is 1. The van der Waals surface area contributed by atoms with Crippen molar-refractivity contribution in [1.82, 2.24) is 25.9 Å². The fourth-order valence-electron chi connectivity index (χ4n) is 2.83. The Kier molecular flexibility index (Phi) is 7.29. The standard InChI is InChI=1S/C16H24N6O5/c17-14(25)12(6-9-7-18-8-20-9)22-16(27)11(3-4-13(23)24)21-15(26)10-2-1-5-19-10/h7-8,10-12,19H,1-6H2,(H2,17,25)(H,18,20)(H,21,26)(H,22,27)(H,23,24)/t10-,11-,12-/m0/s1. The largest absolute Gasteiger partial charge is 0.481 e. The molecule has 1 aliphatic rings. The van der Waals surface area contributed by atoms with Crippen molar-refractivity contribution >= 4 is 23.7 Å². The number of imidazole rings is 1. The summed E-state index contributed by atoms with van der Waals surface area (Å²) in [4.78, 5) is 54.0. The zero-order valence-corrected chi connectivity index (χ0v) is 14.7. The first-order chi connectivity index (χ1) is 12.9. The number of aliphatic carboxylic acids is 1. The minimum Gasteiger partial charge on any atom is -0.481 e. The maximum absolute atomic E-state index is 12.6. The summed E-state index contributed by atoms with van der Waals surface area (Å²) in [6, 6.07) is -2.52. The molecule has 0 saturated carbocycles. The van der Waals surface area contributed by atoms with Crippen LogP contribution in [0.5, 0.6) is 0 Å². The topological polar surface area (TPSA) is 179 Å². The maximum Gasteiger partial charge on any atom is 0.303 e. The summed E-state index contributed by atoms with van der Waals surface area (Å²) in [5.41, 5.74) is 5.94. The van der Waals surface area contributed by atoms with Gasteiger partial charge in [-0.3, -0.25) is 19.2 Å². The molecule has 3 atom stereocenters. The van der Waals surface area contributed by atoms with Crippen LogP contribution in [-0.4, -0.2) is 63.4 Å². The first-order valence-electron chi connectivity index (χ1n) is 8.69. The summed E-state index contributed by atoms with van der Waals surface area (Å²) in [6.45, 7) is 0.706. The van der Waals surface area contributed by atoms with Gasteiger partial charge >= 0.3 is 5.97 Å². The van der Waals surface area contributed by atoms with Crippen molar-refractivity contribution in [2.24, 2.45) is 5.73 Å². The van der Waals surface area contributed by atoms with Gasteiger partial charge in [-0.1, -0.05) is 0 Å². The Morgan fingerprint density at radius 3 is 2.63 bits per heavy atom. The number of aromatic nitrogens is 2. The predicted octanol–water partition coefficient (Wildman–Crippen LogP) is -1.98. The molecule has 27 heavy (non-hydrogen) atoms. The molecule has 11 nitrogen and oxygen atoms in total. The van der Waals surface area contributed by atoms with E-state index in [0.717, 1.165) is 6.42 Å². The highest BCUT2D eigenvalue weighted by Gasteiger charge is 2.29. The maximum atomic E-state index is 12.6. The molecule has 0 unspecified atom stereocenters. The van der Waals surface area contributed by atoms with E-state index in [1.807, 2.05) is 0 Å². The van der Waals surface area contributed by atoms with Crippen LogP contribution < -0.4 is 21.7 Å². The smallest absolute Gasteiger partial charge is 0.303 e. The van der Waals surface area contributed by atoms with Gasteiger partial charge in [-0.15, -0.1) is 0 Å². The second-order valence-corrected chi connectivity index (χ2v) is 6.39. The molecule has 0 spiro atoms. The summed E-state index contributed by atoms with van der Waals surface area (Å²) >= 11 is 0. The Labute approximate surface area is 155 Å². The Bertz CT molecular complexity index is 671. The monoisotopic (exact) mass is 380 g/mol. The SMILES string of the molecule is NC(=O)[C@H](Cc1cnc[nH]1)NC(=O)[C@H](CCC(=O)O)NC(=O)[C@@H]1CCCN1. The molecule has 2 heterocycles. The van der Waals surface area contributed by atoms with E-state index < -0.39 is 35.9 Å². The zero-order chi connectivity index (χ0) is 19.8. The van der Waals surface area contributed by atoms with Crippen LogP contribution in [0.3, 0.4) is 0 Å². The molecule has 0 radical (unpaired) electrons. The molecule has 3 amide bonds. The van der Waals surface area contributed by atoms with Gasteiger partial charge in [0.1, 0.15) is 12.1 Å². The molecule has 1 fully saturated rings. The normalized spacial score (nSPS) is 18.4. The number of aromatic amines is 1. The van der Waals surface area contributed by atoms with Gasteiger partial charge < -0.3 is 31.8 Å². The van der Waals surface area contributed by atoms with Crippen molar-refractivity contribution < 1.29 is 24.3 Å². The lowest BCUT2D eigenvalue weighted by molar-refractivity contribution is -0.138. The van der Waals surface area contributed by atoms with Gasteiger partial charge in [0.15, 0.2) is 0 Å². The zero-order valence-electron chi connectivity index (χ0n) is 14.7. The molecule has 1 aromatic rings. The molecule has 0 aliphatic carbocycles. The van der Waals surface area contributed by atoms with E-state index in [2.05, 4.69) is 25.9 Å². The van der Waals surface area contributed by atoms with E-state index in [0.29, 0.717) is 18.7 Å². The minimum atomic E-state index is -1.09. The average molecular weight is 380 g/mol. The Hall–Kier alpha value is -2.95. The van der Waals surface area contributed by atoms with Gasteiger partial charge in [-0.25, -0.2) is 4.98 Å². The highest BCUT2D eigenvalue weighted by molar-refractivity contribution is 5.93. The van der Waals surface area contributed by atoms with Crippen LogP contribution >= 0.6 is 0 Å². The first kappa shape index (κ1) is 20.4. The average Bonchev–Trinajstić information content (AvgIpc) is 3.30. The van der Waals surface area contributed by atoms with Gasteiger partial charge in [0.2, 0.25) is 17.7 Å². The van der Waals surface area contributed by atoms with Crippen molar-refractivity contribution in [3.63, 3.8) is 0 Å². The van der Waals surface area contributed by atoms with Crippen molar-refractivity contribution in [2.45, 2.75) is 50.2 Å². The molecule has 1 aromatic heterocycles. The Morgan fingerprint density at radius 1 is 1.30 bits per heavy atom. The number of carbonyl (C=O) groups excluding carboxylic acids is 3. The van der Waals surface area contributed by atoms with E-state index >= 15 is 0 Å². The quantitative estimate of drug-likeness (QED) is 0.272. The molecular formula is C16H24N6O5. The van der Waals surface area contributed by atoms with Gasteiger partial charge in [0.05, 0.1) is 12.4 Å². The minimum absolute atomic E-state index is 0.102. The second kappa shape index (κ2) is 9.67. The lowest BCUT2D eigenvalue weighted by Gasteiger charge is -2.22. The second-order valence-electron chi connectivity index (χ2n) is 6.39. The van der Waals surface area contributed by atoms with Crippen LogP contribution in [0.4, 0.5) is 0 Å². The predicted molar refractivity (Wildman–Crippen MR) is 93.2 cm³/mol. The highest BCUT2D eigenvalue weighted by Crippen LogP contribution is 2.07. The summed E-state index contributed by atoms with van der Waals surface area (Å²) in [5, 5.41) is 17.0. The number of nitrogens with two attached hydrogens (primary N) is 1. The van der Waals surface area contributed by atoms with Crippen molar-refractivity contribution in [2.75, 3.05) is 6.54 Å². The Balaban J connectivity index is 2.02. The number of carbonyl (C=O) groups is 4. The third-order valence-corrected chi connectivity index (χ3v) is 4.30. The Morgan fingerprint density at radius 2 is 2.07 bits per heavy atom. The molecule has 11 heteroatoms. The van der Waals surface area contributed by atoms with E-state index in [1.165, 1.54) is 12.5 Å². The van der Waals surface area contributed by atoms with Crippen molar-refractivity contribution in [3.05, 3.63) is 18.2 Å². The van der Waals surface area contributed by atoms with E-state index in [9.17, 15) is 19.2 Å². The van der Waals surface area contributed by atoms with Crippen LogP contribution in [0.1, 0.15) is 31.4 Å². The third kappa shape index (κ3) is 6.37. The lowest BCUT2D eigenvalue weighted by Crippen LogP contribution is -2.55. The summed E-state index contributed by atoms with van der Waals surface area (Å²) in [6.07, 6.45) is 4.11. The summed E-state index contributed by atoms with van der Waals surface area (Å²) in [5.74, 6) is -2.88. The molecule has 7 N–H and O–H groups in total. The van der Waals surface area contributed by atoms with E-state index in [4.69, 9.17) is 10.8 Å². The summed E-state index contributed by atoms with van der Waals surface area (Å²) < 4.78 is 0. The van der Waals surface area contributed by atoms with E-state index in [-0.39, 0.29) is 25.2 Å². The number of nitrogens with one attached hydrogen (secondary N) is 4. The molecular weight excluding hydrogens is 356 g/mol. The van der Waals surface area contributed by atoms with Crippen LogP contribution in [0.15, 0.2) is 12.5 Å². The van der Waals surface area contributed by atoms with Crippen LogP contribution in [0.25, 0.3) is 0 Å². The molecule has 1 saturated heterocycles. The molecule has 0 aromatic carbocycles. The van der Waals surface area contributed by atoms with E-state index in [1.54, 1.807) is 0 Å². The van der Waals surface area contributed by atoms with Gasteiger partial charge in [0.25, 0.3) is 0 Å². The van der Waals surface area contributed by atoms with Gasteiger partial charge in [0, 0.05) is 24.7 Å². The summed E-state index contributed by atoms with van der Waals surface area (Å²) in [7, 11) is 0. The number of hydrogen-bond acceptors (Lipinski definition) is 6. The number of hydrogen-bond donors (Lipinski definition) is 6. The third-order valence-electron chi connectivity index (χ3n) is 4.30.